The maximum Gasteiger partial charge on any atom is 0.353 e. The van der Waals surface area contributed by atoms with Gasteiger partial charge in [-0.05, 0) is 66.8 Å². The Hall–Kier alpha value is -4.78. The number of anilines is 1. The van der Waals surface area contributed by atoms with Crippen molar-refractivity contribution in [1.82, 2.24) is 14.5 Å². The summed E-state index contributed by atoms with van der Waals surface area (Å²) >= 11 is 7.66. The second-order valence-electron chi connectivity index (χ2n) is 11.2. The molecule has 0 saturated carbocycles. The summed E-state index contributed by atoms with van der Waals surface area (Å²) in [6, 6.07) is 14.2. The molecule has 7 rings (SSSR count). The van der Waals surface area contributed by atoms with Gasteiger partial charge in [0, 0.05) is 28.0 Å². The quantitative estimate of drug-likeness (QED) is 0.0457. The van der Waals surface area contributed by atoms with Crippen LogP contribution in [0.25, 0.3) is 22.5 Å². The molecule has 13 heteroatoms. The molecule has 0 fully saturated rings. The number of imidazole rings is 1. The zero-order chi connectivity index (χ0) is 31.2. The lowest BCUT2D eigenvalue weighted by molar-refractivity contribution is -0.672. The van der Waals surface area contributed by atoms with Crippen LogP contribution < -0.4 is 31.6 Å². The molecule has 1 aliphatic carbocycles. The fourth-order valence-electron chi connectivity index (χ4n) is 6.32. The van der Waals surface area contributed by atoms with Crippen LogP contribution in [0.1, 0.15) is 51.3 Å². The molecule has 1 aliphatic heterocycles. The number of H-pyrrole nitrogens is 1. The molecule has 0 radical (unpaired) electrons. The molecule has 45 heavy (non-hydrogen) atoms. The highest BCUT2D eigenvalue weighted by molar-refractivity contribution is 7.12. The largest absolute Gasteiger partial charge is 0.422 e. The third-order valence-corrected chi connectivity index (χ3v) is 9.63. The topological polar surface area (TPSA) is 148 Å². The number of hydrazine groups is 1. The highest BCUT2D eigenvalue weighted by atomic mass is 35.5. The normalized spacial score (nSPS) is 15.4. The van der Waals surface area contributed by atoms with Crippen molar-refractivity contribution in [3.63, 3.8) is 0 Å². The lowest BCUT2D eigenvalue weighted by Crippen LogP contribution is -2.43. The molecule has 2 aromatic carbocycles. The number of aryl methyl sites for hydroxylation is 2. The Labute approximate surface area is 267 Å². The molecule has 2 aliphatic rings. The number of esters is 1. The number of nitrogens with two attached hydrogens (primary N) is 2. The molecule has 1 unspecified atom stereocenters. The van der Waals surface area contributed by atoms with Crippen LogP contribution in [0, 0.1) is 0 Å². The molecule has 11 nitrogen and oxygen atoms in total. The summed E-state index contributed by atoms with van der Waals surface area (Å²) in [5.41, 5.74) is 5.90. The summed E-state index contributed by atoms with van der Waals surface area (Å²) in [7, 11) is 1.91. The molecule has 5 aromatic rings. The van der Waals surface area contributed by atoms with Crippen LogP contribution in [-0.2, 0) is 26.3 Å². The summed E-state index contributed by atoms with van der Waals surface area (Å²) < 4.78 is 9.43. The van der Waals surface area contributed by atoms with Gasteiger partial charge in [-0.2, -0.15) is 9.67 Å². The zero-order valence-electron chi connectivity index (χ0n) is 24.4. The average molecular weight is 642 g/mol. The lowest BCUT2D eigenvalue weighted by atomic mass is 10.1. The number of benzene rings is 2. The second kappa shape index (κ2) is 11.6. The van der Waals surface area contributed by atoms with E-state index in [-0.39, 0.29) is 17.6 Å². The van der Waals surface area contributed by atoms with Gasteiger partial charge < -0.3 is 15.6 Å². The SMILES string of the molecule is C[n+]1c(-c2cc(Cl)ccc2N(N)C=NN)cc(=O)n2c1CCC2c1ncc(-c2csc(C(=O)Oc3ccc4c(c3)CCC4)c2)[nH]1. The van der Waals surface area contributed by atoms with Crippen LogP contribution in [0.15, 0.2) is 70.0 Å². The van der Waals surface area contributed by atoms with E-state index < -0.39 is 0 Å². The number of carbonyl (C=O) groups is 1. The molecule has 0 amide bonds. The second-order valence-corrected chi connectivity index (χ2v) is 12.5. The molecular weight excluding hydrogens is 612 g/mol. The number of rotatable bonds is 7. The minimum absolute atomic E-state index is 0.173. The number of hydrogen-bond acceptors (Lipinski definition) is 8. The number of aromatic amines is 1. The number of ether oxygens (including phenoxy) is 1. The molecule has 0 saturated heterocycles. The Bertz CT molecular complexity index is 2050. The van der Waals surface area contributed by atoms with Crippen molar-refractivity contribution >= 4 is 40.9 Å². The van der Waals surface area contributed by atoms with Crippen molar-refractivity contribution in [3.05, 3.63) is 103 Å². The number of hydrazone groups is 1. The molecular formula is C32H30ClN8O3S+. The first-order chi connectivity index (χ1) is 21.8. The van der Waals surface area contributed by atoms with Gasteiger partial charge in [-0.15, -0.1) is 11.3 Å². The van der Waals surface area contributed by atoms with E-state index >= 15 is 0 Å². The summed E-state index contributed by atoms with van der Waals surface area (Å²) in [5.74, 6) is 13.1. The van der Waals surface area contributed by atoms with Crippen molar-refractivity contribution in [1.29, 1.82) is 0 Å². The Morgan fingerprint density at radius 1 is 1.20 bits per heavy atom. The van der Waals surface area contributed by atoms with E-state index in [2.05, 4.69) is 15.1 Å². The summed E-state index contributed by atoms with van der Waals surface area (Å²) in [5, 5.41) is 7.19. The number of aromatic nitrogens is 4. The highest BCUT2D eigenvalue weighted by Gasteiger charge is 2.37. The van der Waals surface area contributed by atoms with Crippen LogP contribution in [-0.4, -0.2) is 26.8 Å². The van der Waals surface area contributed by atoms with E-state index in [1.54, 1.807) is 41.1 Å². The van der Waals surface area contributed by atoms with Gasteiger partial charge in [-0.25, -0.2) is 25.0 Å². The van der Waals surface area contributed by atoms with Crippen LogP contribution in [0.2, 0.25) is 5.02 Å². The molecule has 4 heterocycles. The lowest BCUT2D eigenvalue weighted by Gasteiger charge is -2.18. The Morgan fingerprint density at radius 2 is 2.04 bits per heavy atom. The molecule has 1 atom stereocenters. The first-order valence-electron chi connectivity index (χ1n) is 14.5. The summed E-state index contributed by atoms with van der Waals surface area (Å²) in [6.45, 7) is 0. The number of hydrogen-bond donors (Lipinski definition) is 3. The molecule has 3 aromatic heterocycles. The van der Waals surface area contributed by atoms with Crippen molar-refractivity contribution in [2.75, 3.05) is 5.01 Å². The molecule has 0 spiro atoms. The van der Waals surface area contributed by atoms with Crippen LogP contribution in [0.5, 0.6) is 5.75 Å². The maximum absolute atomic E-state index is 13.6. The Morgan fingerprint density at radius 3 is 2.89 bits per heavy atom. The minimum atomic E-state index is -0.389. The third-order valence-electron chi connectivity index (χ3n) is 8.48. The van der Waals surface area contributed by atoms with E-state index in [1.165, 1.54) is 33.8 Å². The molecule has 5 N–H and O–H groups in total. The zero-order valence-corrected chi connectivity index (χ0v) is 25.9. The third kappa shape index (κ3) is 5.30. The predicted molar refractivity (Wildman–Crippen MR) is 173 cm³/mol. The van der Waals surface area contributed by atoms with Crippen LogP contribution in [0.4, 0.5) is 5.69 Å². The standard InChI is InChI=1S/C32H30ClN8O3S/c1-39-27(23-13-21(33)6-8-25(23)40(35)17-37-34)14-30(42)41-26(9-10-29(39)41)31-36-15-24(38-31)20-12-28(45-16-20)32(43)44-22-7-5-18-3-2-4-19(18)11-22/h5-8,11-17,26H,2-4,9-10,34-35H2,1H3,(H,36,38)/q+1. The Kier molecular flexibility index (Phi) is 7.48. The van der Waals surface area contributed by atoms with E-state index in [0.717, 1.165) is 36.3 Å². The van der Waals surface area contributed by atoms with Gasteiger partial charge in [0.25, 0.3) is 5.82 Å². The first kappa shape index (κ1) is 29.0. The molecule has 0 bridgehead atoms. The monoisotopic (exact) mass is 641 g/mol. The van der Waals surface area contributed by atoms with Gasteiger partial charge in [0.05, 0.1) is 37.1 Å². The number of nitrogens with zero attached hydrogens (tertiary/aromatic N) is 5. The Balaban J connectivity index is 1.14. The predicted octanol–water partition coefficient (Wildman–Crippen LogP) is 4.27. The number of fused-ring (bicyclic) bond motifs is 2. The number of thiophene rings is 1. The van der Waals surface area contributed by atoms with Gasteiger partial charge in [-0.1, -0.05) is 17.7 Å². The van der Waals surface area contributed by atoms with Crippen molar-refractivity contribution in [3.8, 4) is 28.3 Å². The van der Waals surface area contributed by atoms with Gasteiger partial charge in [0.1, 0.15) is 22.7 Å². The van der Waals surface area contributed by atoms with Gasteiger partial charge in [0.2, 0.25) is 0 Å². The smallest absolute Gasteiger partial charge is 0.353 e. The van der Waals surface area contributed by atoms with Crippen molar-refractivity contribution < 1.29 is 14.1 Å². The average Bonchev–Trinajstić information content (AvgIpc) is 3.84. The summed E-state index contributed by atoms with van der Waals surface area (Å²) in [4.78, 5) is 35.1. The van der Waals surface area contributed by atoms with E-state index in [4.69, 9.17) is 28.0 Å². The van der Waals surface area contributed by atoms with Gasteiger partial charge in [-0.3, -0.25) is 5.01 Å². The van der Waals surface area contributed by atoms with Crippen molar-refractivity contribution in [2.45, 2.75) is 38.1 Å². The number of carbonyl (C=O) groups excluding carboxylic acids is 1. The van der Waals surface area contributed by atoms with Crippen molar-refractivity contribution in [2.24, 2.45) is 23.8 Å². The fraction of sp³-hybridized carbons (Fsp3) is 0.219. The number of halogens is 1. The first-order valence-corrected chi connectivity index (χ1v) is 15.8. The maximum atomic E-state index is 13.6. The highest BCUT2D eigenvalue weighted by Crippen LogP contribution is 2.34. The number of nitrogens with one attached hydrogen (secondary N) is 1. The van der Waals surface area contributed by atoms with E-state index in [0.29, 0.717) is 51.3 Å². The minimum Gasteiger partial charge on any atom is -0.422 e. The summed E-state index contributed by atoms with van der Waals surface area (Å²) in [6.07, 6.45) is 7.59. The molecule has 228 valence electrons. The van der Waals surface area contributed by atoms with E-state index in [9.17, 15) is 9.59 Å². The van der Waals surface area contributed by atoms with E-state index in [1.807, 2.05) is 35.2 Å². The van der Waals surface area contributed by atoms with Gasteiger partial charge in [0.15, 0.2) is 11.9 Å². The van der Waals surface area contributed by atoms with Crippen LogP contribution >= 0.6 is 22.9 Å². The van der Waals surface area contributed by atoms with Crippen LogP contribution in [0.3, 0.4) is 0 Å². The van der Waals surface area contributed by atoms with Gasteiger partial charge >= 0.3 is 11.5 Å². The fourth-order valence-corrected chi connectivity index (χ4v) is 7.28.